The number of halogens is 6. The molecule has 0 fully saturated rings. The third-order valence-corrected chi connectivity index (χ3v) is 10.2. The highest BCUT2D eigenvalue weighted by molar-refractivity contribution is 7.99. The van der Waals surface area contributed by atoms with Gasteiger partial charge >= 0.3 is 12.4 Å². The second-order valence-corrected chi connectivity index (χ2v) is 13.6. The van der Waals surface area contributed by atoms with Gasteiger partial charge in [-0.25, -0.2) is 14.8 Å². The number of carbonyl (C=O) groups excluding carboxylic acids is 3. The van der Waals surface area contributed by atoms with Crippen LogP contribution in [0.3, 0.4) is 0 Å². The van der Waals surface area contributed by atoms with Gasteiger partial charge in [0.15, 0.2) is 23.0 Å². The fraction of sp³-hybridized carbons (Fsp3) is 0.278. The maximum Gasteiger partial charge on any atom is 0.416 e. The van der Waals surface area contributed by atoms with Crippen LogP contribution in [0.2, 0.25) is 0 Å². The highest BCUT2D eigenvalue weighted by atomic mass is 32.2. The maximum atomic E-state index is 14.1. The van der Waals surface area contributed by atoms with Gasteiger partial charge in [-0.05, 0) is 59.2 Å². The van der Waals surface area contributed by atoms with Crippen molar-refractivity contribution < 1.29 is 40.7 Å². The van der Waals surface area contributed by atoms with Gasteiger partial charge in [0.2, 0.25) is 0 Å². The third-order valence-electron chi connectivity index (χ3n) is 7.52. The van der Waals surface area contributed by atoms with Gasteiger partial charge in [-0.15, -0.1) is 23.5 Å². The number of nitrogens with zero attached hydrogens (tertiary/aromatic N) is 3. The van der Waals surface area contributed by atoms with Crippen LogP contribution in [0, 0.1) is 6.57 Å². The Balaban J connectivity index is 1.68. The van der Waals surface area contributed by atoms with E-state index in [2.05, 4.69) is 14.8 Å². The van der Waals surface area contributed by atoms with Crippen molar-refractivity contribution in [2.24, 2.45) is 5.73 Å². The SMILES string of the molecule is [C-]#[N+]c1ccc(C(=O)Cc2cc(C(F)(F)F)cc(CC(=O)c3cc(C(=O)Cc4cc(C(F)(F)F)cc(N)c4SCCC)ncn3)c2SCCN)cc1. The lowest BCUT2D eigenvalue weighted by atomic mass is 9.95. The molecule has 0 bridgehead atoms. The second-order valence-electron chi connectivity index (χ2n) is 11.4. The Hall–Kier alpha value is -4.72. The van der Waals surface area contributed by atoms with Crippen LogP contribution < -0.4 is 11.5 Å². The lowest BCUT2D eigenvalue weighted by molar-refractivity contribution is -0.138. The highest BCUT2D eigenvalue weighted by Gasteiger charge is 2.34. The summed E-state index contributed by atoms with van der Waals surface area (Å²) in [6.45, 7) is 9.09. The number of carbonyl (C=O) groups is 3. The fourth-order valence-corrected chi connectivity index (χ4v) is 7.01. The number of alkyl halides is 6. The summed E-state index contributed by atoms with van der Waals surface area (Å²) >= 11 is 2.28. The molecule has 0 aliphatic carbocycles. The minimum absolute atomic E-state index is 0.0194. The van der Waals surface area contributed by atoms with Gasteiger partial charge in [-0.1, -0.05) is 31.2 Å². The van der Waals surface area contributed by atoms with Crippen molar-refractivity contribution >= 4 is 52.2 Å². The number of hydrogen-bond donors (Lipinski definition) is 2. The number of Topliss-reactive ketones (excluding diaryl/α,β-unsaturated/α-hetero) is 3. The lowest BCUT2D eigenvalue weighted by Crippen LogP contribution is -2.16. The van der Waals surface area contributed by atoms with Gasteiger partial charge in [-0.2, -0.15) is 26.3 Å². The van der Waals surface area contributed by atoms with Crippen molar-refractivity contribution in [2.45, 2.75) is 54.8 Å². The molecule has 1 heterocycles. The van der Waals surface area contributed by atoms with Crippen LogP contribution in [0.5, 0.6) is 0 Å². The van der Waals surface area contributed by atoms with E-state index in [9.17, 15) is 40.7 Å². The number of hydrogen-bond acceptors (Lipinski definition) is 9. The molecular formula is C36H31F6N5O3S2. The number of nitrogen functional groups attached to an aromatic ring is 1. The number of thioether (sulfide) groups is 2. The summed E-state index contributed by atoms with van der Waals surface area (Å²) in [4.78, 5) is 51.8. The van der Waals surface area contributed by atoms with Gasteiger partial charge in [0.1, 0.15) is 17.7 Å². The van der Waals surface area contributed by atoms with Gasteiger partial charge < -0.3 is 11.5 Å². The van der Waals surface area contributed by atoms with Crippen LogP contribution in [0.25, 0.3) is 4.85 Å². The van der Waals surface area contributed by atoms with Crippen LogP contribution in [0.4, 0.5) is 37.7 Å². The first-order valence-electron chi connectivity index (χ1n) is 15.6. The first-order valence-corrected chi connectivity index (χ1v) is 17.6. The number of anilines is 1. The summed E-state index contributed by atoms with van der Waals surface area (Å²) in [5.41, 5.74) is 9.23. The molecule has 8 nitrogen and oxygen atoms in total. The van der Waals surface area contributed by atoms with Crippen molar-refractivity contribution in [3.63, 3.8) is 0 Å². The summed E-state index contributed by atoms with van der Waals surface area (Å²) in [5, 5.41) is 0. The average molecular weight is 760 g/mol. The molecule has 0 atom stereocenters. The Morgan fingerprint density at radius 2 is 1.21 bits per heavy atom. The van der Waals surface area contributed by atoms with Gasteiger partial charge in [-0.3, -0.25) is 14.4 Å². The predicted molar refractivity (Wildman–Crippen MR) is 187 cm³/mol. The van der Waals surface area contributed by atoms with E-state index in [1.165, 1.54) is 36.0 Å². The average Bonchev–Trinajstić information content (AvgIpc) is 3.10. The molecule has 0 unspecified atom stereocenters. The summed E-state index contributed by atoms with van der Waals surface area (Å²) in [5.74, 6) is -1.26. The molecule has 0 amide bonds. The van der Waals surface area contributed by atoms with Gasteiger partial charge in [0.25, 0.3) is 0 Å². The summed E-state index contributed by atoms with van der Waals surface area (Å²) < 4.78 is 83.1. The molecule has 1 aromatic heterocycles. The largest absolute Gasteiger partial charge is 0.416 e. The summed E-state index contributed by atoms with van der Waals surface area (Å²) in [6, 6.07) is 10.0. The Bertz CT molecular complexity index is 2010. The molecule has 16 heteroatoms. The molecular weight excluding hydrogens is 729 g/mol. The van der Waals surface area contributed by atoms with E-state index in [0.29, 0.717) is 17.1 Å². The maximum absolute atomic E-state index is 14.1. The van der Waals surface area contributed by atoms with E-state index >= 15 is 0 Å². The van der Waals surface area contributed by atoms with Crippen molar-refractivity contribution in [3.8, 4) is 0 Å². The summed E-state index contributed by atoms with van der Waals surface area (Å²) in [7, 11) is 0. The molecule has 0 aliphatic heterocycles. The Morgan fingerprint density at radius 1 is 0.731 bits per heavy atom. The van der Waals surface area contributed by atoms with E-state index in [1.54, 1.807) is 0 Å². The Labute approximate surface area is 303 Å². The lowest BCUT2D eigenvalue weighted by Gasteiger charge is -2.18. The molecule has 3 aromatic carbocycles. The molecule has 52 heavy (non-hydrogen) atoms. The number of benzene rings is 3. The molecule has 0 saturated carbocycles. The van der Waals surface area contributed by atoms with Crippen molar-refractivity contribution in [2.75, 3.05) is 23.8 Å². The van der Waals surface area contributed by atoms with Crippen LogP contribution in [0.1, 0.15) is 72.5 Å². The minimum Gasteiger partial charge on any atom is -0.398 e. The standard InChI is InChI=1S/C36H31F6N5O3S2/c1-3-9-51-34-23(13-25(17-27(34)44)36(40,41)42)16-32(50)29-18-28(46-19-47-29)31(49)15-22-12-24(35(37,38)39)11-21(33(22)52-10-8-43)14-30(48)20-4-6-26(45-2)7-5-20/h4-7,11-13,17-19H,3,8-10,14-16,43-44H2,1H3. The first-order chi connectivity index (χ1) is 24.5. The third kappa shape index (κ3) is 10.2. The number of rotatable bonds is 15. The predicted octanol–water partition coefficient (Wildman–Crippen LogP) is 8.48. The topological polar surface area (TPSA) is 133 Å². The zero-order valence-corrected chi connectivity index (χ0v) is 29.2. The smallest absolute Gasteiger partial charge is 0.398 e. The van der Waals surface area contributed by atoms with E-state index in [-0.39, 0.29) is 62.2 Å². The normalized spacial score (nSPS) is 11.7. The highest BCUT2D eigenvalue weighted by Crippen LogP contribution is 2.39. The number of nitrogens with two attached hydrogens (primary N) is 2. The summed E-state index contributed by atoms with van der Waals surface area (Å²) in [6.07, 6.45) is -9.55. The first kappa shape index (κ1) is 40.1. The van der Waals surface area contributed by atoms with E-state index in [0.717, 1.165) is 48.4 Å². The van der Waals surface area contributed by atoms with Crippen LogP contribution in [-0.4, -0.2) is 45.4 Å². The van der Waals surface area contributed by atoms with Crippen LogP contribution in [0.15, 0.2) is 70.7 Å². The van der Waals surface area contributed by atoms with Crippen LogP contribution >= 0.6 is 23.5 Å². The number of aromatic nitrogens is 2. The quantitative estimate of drug-likeness (QED) is 0.0403. The fourth-order valence-electron chi connectivity index (χ4n) is 5.10. The van der Waals surface area contributed by atoms with Gasteiger partial charge in [0.05, 0.1) is 17.7 Å². The van der Waals surface area contributed by atoms with Gasteiger partial charge in [0, 0.05) is 52.6 Å². The minimum atomic E-state index is -4.83. The molecule has 4 rings (SSSR count). The molecule has 272 valence electrons. The van der Waals surface area contributed by atoms with E-state index in [4.69, 9.17) is 18.0 Å². The van der Waals surface area contributed by atoms with Crippen molar-refractivity contribution in [3.05, 3.63) is 117 Å². The van der Waals surface area contributed by atoms with Crippen LogP contribution in [-0.2, 0) is 31.6 Å². The number of ketones is 3. The van der Waals surface area contributed by atoms with Crippen molar-refractivity contribution in [1.29, 1.82) is 0 Å². The monoisotopic (exact) mass is 759 g/mol. The van der Waals surface area contributed by atoms with Crippen molar-refractivity contribution in [1.82, 2.24) is 9.97 Å². The molecule has 0 aliphatic rings. The Kier molecular flexibility index (Phi) is 13.2. The molecule has 0 spiro atoms. The molecule has 4 N–H and O–H groups in total. The molecule has 4 aromatic rings. The Morgan fingerprint density at radius 3 is 1.69 bits per heavy atom. The van der Waals surface area contributed by atoms with E-state index in [1.807, 2.05) is 6.92 Å². The van der Waals surface area contributed by atoms with E-state index < -0.39 is 60.1 Å². The molecule has 0 radical (unpaired) electrons. The molecule has 0 saturated heterocycles. The second kappa shape index (κ2) is 17.2. The zero-order valence-electron chi connectivity index (χ0n) is 27.5. The zero-order chi connectivity index (χ0) is 38.2.